The second-order valence-corrected chi connectivity index (χ2v) is 5.23. The van der Waals surface area contributed by atoms with E-state index in [9.17, 15) is 4.79 Å². The molecule has 0 saturated heterocycles. The zero-order valence-electron chi connectivity index (χ0n) is 11.6. The van der Waals surface area contributed by atoms with Crippen molar-refractivity contribution in [3.8, 4) is 11.5 Å². The lowest BCUT2D eigenvalue weighted by Gasteiger charge is -2.10. The summed E-state index contributed by atoms with van der Waals surface area (Å²) in [4.78, 5) is 15.3. The van der Waals surface area contributed by atoms with E-state index in [1.165, 1.54) is 12.1 Å². The molecular formula is C15H14BrNO4. The zero-order valence-corrected chi connectivity index (χ0v) is 13.2. The van der Waals surface area contributed by atoms with E-state index in [2.05, 4.69) is 20.9 Å². The lowest BCUT2D eigenvalue weighted by atomic mass is 10.2. The first-order valence-corrected chi connectivity index (χ1v) is 6.96. The van der Waals surface area contributed by atoms with Crippen LogP contribution in [0.15, 0.2) is 34.8 Å². The van der Waals surface area contributed by atoms with E-state index in [0.717, 1.165) is 5.69 Å². The van der Waals surface area contributed by atoms with Crippen LogP contribution in [0.4, 0.5) is 0 Å². The smallest absolute Gasteiger partial charge is 0.335 e. The zero-order chi connectivity index (χ0) is 15.4. The highest BCUT2D eigenvalue weighted by Gasteiger charge is 2.09. The predicted molar refractivity (Wildman–Crippen MR) is 81.0 cm³/mol. The molecule has 0 fully saturated rings. The van der Waals surface area contributed by atoms with Crippen LogP contribution < -0.4 is 9.47 Å². The fourth-order valence-electron chi connectivity index (χ4n) is 1.79. The Balaban J connectivity index is 2.18. The van der Waals surface area contributed by atoms with Crippen LogP contribution in [-0.2, 0) is 6.61 Å². The number of carboxylic acid groups (broad SMARTS) is 1. The van der Waals surface area contributed by atoms with Crippen molar-refractivity contribution in [3.05, 3.63) is 51.8 Å². The van der Waals surface area contributed by atoms with E-state index < -0.39 is 5.97 Å². The number of benzene rings is 1. The molecule has 2 aromatic rings. The Morgan fingerprint density at radius 3 is 2.76 bits per heavy atom. The summed E-state index contributed by atoms with van der Waals surface area (Å²) in [5.41, 5.74) is 1.70. The van der Waals surface area contributed by atoms with Crippen LogP contribution in [-0.4, -0.2) is 23.2 Å². The average molecular weight is 352 g/mol. The van der Waals surface area contributed by atoms with Gasteiger partial charge in [0.25, 0.3) is 0 Å². The Morgan fingerprint density at radius 2 is 2.10 bits per heavy atom. The second kappa shape index (κ2) is 6.58. The summed E-state index contributed by atoms with van der Waals surface area (Å²) in [6, 6.07) is 8.22. The van der Waals surface area contributed by atoms with Gasteiger partial charge in [0.05, 0.1) is 22.8 Å². The SMILES string of the molecule is COc1cc(C)nc(COc2cc(C(=O)O)ccc2Br)c1. The molecule has 0 bridgehead atoms. The number of hydrogen-bond acceptors (Lipinski definition) is 4. The molecule has 1 aromatic carbocycles. The monoisotopic (exact) mass is 351 g/mol. The largest absolute Gasteiger partial charge is 0.497 e. The molecule has 1 heterocycles. The third-order valence-electron chi connectivity index (χ3n) is 2.77. The van der Waals surface area contributed by atoms with E-state index >= 15 is 0 Å². The molecule has 0 amide bonds. The molecule has 0 spiro atoms. The van der Waals surface area contributed by atoms with Gasteiger partial charge < -0.3 is 14.6 Å². The molecule has 6 heteroatoms. The fourth-order valence-corrected chi connectivity index (χ4v) is 2.15. The van der Waals surface area contributed by atoms with Crippen LogP contribution >= 0.6 is 15.9 Å². The molecule has 21 heavy (non-hydrogen) atoms. The summed E-state index contributed by atoms with van der Waals surface area (Å²) in [7, 11) is 1.59. The van der Waals surface area contributed by atoms with Crippen LogP contribution in [0.25, 0.3) is 0 Å². The Bertz CT molecular complexity index is 673. The minimum absolute atomic E-state index is 0.169. The summed E-state index contributed by atoms with van der Waals surface area (Å²) in [5, 5.41) is 8.99. The molecule has 0 saturated carbocycles. The maximum absolute atomic E-state index is 11.0. The first-order valence-electron chi connectivity index (χ1n) is 6.17. The summed E-state index contributed by atoms with van der Waals surface area (Å²) < 4.78 is 11.5. The lowest BCUT2D eigenvalue weighted by molar-refractivity contribution is 0.0696. The van der Waals surface area contributed by atoms with Crippen LogP contribution in [0.1, 0.15) is 21.7 Å². The van der Waals surface area contributed by atoms with Crippen molar-refractivity contribution < 1.29 is 19.4 Å². The van der Waals surface area contributed by atoms with Gasteiger partial charge in [-0.25, -0.2) is 4.79 Å². The molecule has 1 aromatic heterocycles. The number of nitrogens with zero attached hydrogens (tertiary/aromatic N) is 1. The standard InChI is InChI=1S/C15H14BrNO4/c1-9-5-12(20-2)7-11(17-9)8-21-14-6-10(15(18)19)3-4-13(14)16/h3-7H,8H2,1-2H3,(H,18,19). The van der Waals surface area contributed by atoms with E-state index in [1.807, 2.05) is 13.0 Å². The third kappa shape index (κ3) is 3.95. The molecule has 0 aliphatic carbocycles. The number of methoxy groups -OCH3 is 1. The molecule has 0 radical (unpaired) electrons. The van der Waals surface area contributed by atoms with Crippen LogP contribution in [0.3, 0.4) is 0 Å². The van der Waals surface area contributed by atoms with E-state index in [1.54, 1.807) is 19.2 Å². The van der Waals surface area contributed by atoms with Crippen molar-refractivity contribution in [3.63, 3.8) is 0 Å². The predicted octanol–water partition coefficient (Wildman–Crippen LogP) is 3.44. The fraction of sp³-hybridized carbons (Fsp3) is 0.200. The van der Waals surface area contributed by atoms with Gasteiger partial charge in [0, 0.05) is 17.8 Å². The van der Waals surface area contributed by atoms with Crippen molar-refractivity contribution in [2.45, 2.75) is 13.5 Å². The number of carbonyl (C=O) groups is 1. The number of rotatable bonds is 5. The topological polar surface area (TPSA) is 68.7 Å². The van der Waals surface area contributed by atoms with Gasteiger partial charge in [0.1, 0.15) is 18.1 Å². The van der Waals surface area contributed by atoms with Crippen LogP contribution in [0, 0.1) is 6.92 Å². The van der Waals surface area contributed by atoms with E-state index in [4.69, 9.17) is 14.6 Å². The number of aromatic carboxylic acids is 1. The van der Waals surface area contributed by atoms with Crippen molar-refractivity contribution in [2.75, 3.05) is 7.11 Å². The summed E-state index contributed by atoms with van der Waals surface area (Å²) in [5.74, 6) is 0.166. The molecule has 0 aliphatic rings. The van der Waals surface area contributed by atoms with Gasteiger partial charge in [-0.3, -0.25) is 4.98 Å². The normalized spacial score (nSPS) is 10.2. The number of hydrogen-bond donors (Lipinski definition) is 1. The highest BCUT2D eigenvalue weighted by molar-refractivity contribution is 9.10. The molecule has 0 atom stereocenters. The Morgan fingerprint density at radius 1 is 1.33 bits per heavy atom. The highest BCUT2D eigenvalue weighted by atomic mass is 79.9. The van der Waals surface area contributed by atoms with E-state index in [-0.39, 0.29) is 12.2 Å². The van der Waals surface area contributed by atoms with Crippen LogP contribution in [0.5, 0.6) is 11.5 Å². The van der Waals surface area contributed by atoms with Gasteiger partial charge >= 0.3 is 5.97 Å². The van der Waals surface area contributed by atoms with Crippen molar-refractivity contribution >= 4 is 21.9 Å². The number of halogens is 1. The Hall–Kier alpha value is -2.08. The lowest BCUT2D eigenvalue weighted by Crippen LogP contribution is -2.02. The molecule has 5 nitrogen and oxygen atoms in total. The van der Waals surface area contributed by atoms with Crippen molar-refractivity contribution in [1.82, 2.24) is 4.98 Å². The molecule has 1 N–H and O–H groups in total. The number of aryl methyl sites for hydroxylation is 1. The summed E-state index contributed by atoms with van der Waals surface area (Å²) in [6.07, 6.45) is 0. The maximum Gasteiger partial charge on any atom is 0.335 e. The third-order valence-corrected chi connectivity index (χ3v) is 3.42. The first kappa shape index (κ1) is 15.3. The Kier molecular flexibility index (Phi) is 4.80. The molecular weight excluding hydrogens is 338 g/mol. The molecule has 2 rings (SSSR count). The average Bonchev–Trinajstić information content (AvgIpc) is 2.45. The minimum Gasteiger partial charge on any atom is -0.497 e. The molecule has 0 unspecified atom stereocenters. The second-order valence-electron chi connectivity index (χ2n) is 4.38. The van der Waals surface area contributed by atoms with Gasteiger partial charge in [0.2, 0.25) is 0 Å². The number of carboxylic acids is 1. The van der Waals surface area contributed by atoms with Gasteiger partial charge in [-0.15, -0.1) is 0 Å². The van der Waals surface area contributed by atoms with Crippen molar-refractivity contribution in [2.24, 2.45) is 0 Å². The van der Waals surface area contributed by atoms with Gasteiger partial charge in [-0.05, 0) is 41.1 Å². The first-order chi connectivity index (χ1) is 9.99. The molecule has 0 aliphatic heterocycles. The van der Waals surface area contributed by atoms with Crippen molar-refractivity contribution in [1.29, 1.82) is 0 Å². The van der Waals surface area contributed by atoms with Crippen LogP contribution in [0.2, 0.25) is 0 Å². The minimum atomic E-state index is -0.998. The Labute approximate surface area is 130 Å². The van der Waals surface area contributed by atoms with Gasteiger partial charge in [0.15, 0.2) is 0 Å². The molecule has 110 valence electrons. The van der Waals surface area contributed by atoms with Gasteiger partial charge in [-0.2, -0.15) is 0 Å². The number of ether oxygens (including phenoxy) is 2. The van der Waals surface area contributed by atoms with E-state index in [0.29, 0.717) is 21.7 Å². The quantitative estimate of drug-likeness (QED) is 0.893. The summed E-state index contributed by atoms with van der Waals surface area (Å²) in [6.45, 7) is 2.09. The summed E-state index contributed by atoms with van der Waals surface area (Å²) >= 11 is 3.33. The number of pyridine rings is 1. The highest BCUT2D eigenvalue weighted by Crippen LogP contribution is 2.27. The number of aromatic nitrogens is 1. The van der Waals surface area contributed by atoms with Gasteiger partial charge in [-0.1, -0.05) is 0 Å². The maximum atomic E-state index is 11.0.